The average Bonchev–Trinajstić information content (AvgIpc) is 2.51. The minimum Gasteiger partial charge on any atom is -0.305 e. The van der Waals surface area contributed by atoms with Crippen molar-refractivity contribution in [3.05, 3.63) is 56.6 Å². The van der Waals surface area contributed by atoms with E-state index in [1.54, 1.807) is 29.8 Å². The average molecular weight is 362 g/mol. The fourth-order valence-corrected chi connectivity index (χ4v) is 3.22. The summed E-state index contributed by atoms with van der Waals surface area (Å²) < 4.78 is 1.76. The normalized spacial score (nSPS) is 11.4. The topological polar surface area (TPSA) is 47.8 Å². The monoisotopic (exact) mass is 361 g/mol. The standard InChI is InChI=1S/C18H17Cl2N3O/c1-10(2)9-23-15-6-7-21-16(17(15)22-11(3)18(23)24)13-5-4-12(19)8-14(13)20/h4-8,10H,9H2,1-3H3. The lowest BCUT2D eigenvalue weighted by Gasteiger charge is -2.15. The summed E-state index contributed by atoms with van der Waals surface area (Å²) in [5.74, 6) is 0.337. The molecule has 24 heavy (non-hydrogen) atoms. The fraction of sp³-hybridized carbons (Fsp3) is 0.278. The molecule has 1 aromatic carbocycles. The quantitative estimate of drug-likeness (QED) is 0.677. The van der Waals surface area contributed by atoms with Crippen molar-refractivity contribution in [2.75, 3.05) is 0 Å². The predicted octanol–water partition coefficient (Wildman–Crippen LogP) is 4.73. The first-order valence-electron chi connectivity index (χ1n) is 7.70. The van der Waals surface area contributed by atoms with Crippen molar-refractivity contribution in [1.29, 1.82) is 0 Å². The number of hydrogen-bond acceptors (Lipinski definition) is 3. The molecule has 0 aliphatic carbocycles. The Bertz CT molecular complexity index is 980. The third-order valence-electron chi connectivity index (χ3n) is 3.76. The second kappa shape index (κ2) is 6.54. The van der Waals surface area contributed by atoms with E-state index in [-0.39, 0.29) is 5.56 Å². The molecule has 2 aromatic heterocycles. The summed E-state index contributed by atoms with van der Waals surface area (Å²) in [6.07, 6.45) is 1.68. The number of benzene rings is 1. The number of fused-ring (bicyclic) bond motifs is 1. The van der Waals surface area contributed by atoms with Crippen molar-refractivity contribution >= 4 is 34.2 Å². The van der Waals surface area contributed by atoms with Gasteiger partial charge in [-0.15, -0.1) is 0 Å². The van der Waals surface area contributed by atoms with Crippen LogP contribution in [0.1, 0.15) is 19.5 Å². The first-order chi connectivity index (χ1) is 11.4. The van der Waals surface area contributed by atoms with Gasteiger partial charge in [-0.2, -0.15) is 0 Å². The summed E-state index contributed by atoms with van der Waals surface area (Å²) in [4.78, 5) is 21.5. The maximum absolute atomic E-state index is 12.5. The minimum absolute atomic E-state index is 0.0736. The van der Waals surface area contributed by atoms with E-state index < -0.39 is 0 Å². The van der Waals surface area contributed by atoms with Crippen molar-refractivity contribution in [2.24, 2.45) is 5.92 Å². The number of halogens is 2. The Morgan fingerprint density at radius 2 is 1.96 bits per heavy atom. The van der Waals surface area contributed by atoms with Crippen molar-refractivity contribution in [3.8, 4) is 11.3 Å². The molecular weight excluding hydrogens is 345 g/mol. The van der Waals surface area contributed by atoms with Crippen LogP contribution >= 0.6 is 23.2 Å². The highest BCUT2D eigenvalue weighted by atomic mass is 35.5. The zero-order valence-electron chi connectivity index (χ0n) is 13.7. The number of pyridine rings is 1. The predicted molar refractivity (Wildman–Crippen MR) is 98.8 cm³/mol. The van der Waals surface area contributed by atoms with Crippen LogP contribution in [0, 0.1) is 12.8 Å². The van der Waals surface area contributed by atoms with E-state index in [9.17, 15) is 4.79 Å². The Balaban J connectivity index is 2.35. The molecule has 3 aromatic rings. The molecule has 0 spiro atoms. The van der Waals surface area contributed by atoms with E-state index in [1.165, 1.54) is 0 Å². The molecule has 0 unspecified atom stereocenters. The Morgan fingerprint density at radius 1 is 1.21 bits per heavy atom. The molecule has 2 heterocycles. The zero-order valence-corrected chi connectivity index (χ0v) is 15.2. The minimum atomic E-state index is -0.0736. The number of rotatable bonds is 3. The summed E-state index contributed by atoms with van der Waals surface area (Å²) in [6.45, 7) is 6.49. The highest BCUT2D eigenvalue weighted by Crippen LogP contribution is 2.32. The van der Waals surface area contributed by atoms with Gasteiger partial charge in [-0.05, 0) is 37.1 Å². The van der Waals surface area contributed by atoms with Gasteiger partial charge in [0.25, 0.3) is 5.56 Å². The van der Waals surface area contributed by atoms with Crippen LogP contribution in [0.5, 0.6) is 0 Å². The molecule has 0 saturated carbocycles. The summed E-state index contributed by atoms with van der Waals surface area (Å²) >= 11 is 12.3. The van der Waals surface area contributed by atoms with Crippen molar-refractivity contribution in [2.45, 2.75) is 27.3 Å². The van der Waals surface area contributed by atoms with E-state index in [1.807, 2.05) is 12.1 Å². The molecule has 124 valence electrons. The van der Waals surface area contributed by atoms with Gasteiger partial charge in [0.05, 0.1) is 16.2 Å². The van der Waals surface area contributed by atoms with Gasteiger partial charge in [-0.25, -0.2) is 4.98 Å². The van der Waals surface area contributed by atoms with Gasteiger partial charge in [-0.1, -0.05) is 37.0 Å². The van der Waals surface area contributed by atoms with Gasteiger partial charge in [0.1, 0.15) is 11.2 Å². The molecule has 0 N–H and O–H groups in total. The Kier molecular flexibility index (Phi) is 4.61. The third-order valence-corrected chi connectivity index (χ3v) is 4.31. The smallest absolute Gasteiger partial charge is 0.272 e. The van der Waals surface area contributed by atoms with Crippen molar-refractivity contribution < 1.29 is 0 Å². The van der Waals surface area contributed by atoms with Crippen LogP contribution in [0.2, 0.25) is 10.0 Å². The second-order valence-corrected chi connectivity index (χ2v) is 7.00. The number of aryl methyl sites for hydroxylation is 1. The van der Waals surface area contributed by atoms with Crippen molar-refractivity contribution in [1.82, 2.24) is 14.5 Å². The molecule has 0 bridgehead atoms. The second-order valence-electron chi connectivity index (χ2n) is 6.16. The molecular formula is C18H17Cl2N3O. The Hall–Kier alpha value is -1.91. The van der Waals surface area contributed by atoms with E-state index in [0.29, 0.717) is 39.4 Å². The van der Waals surface area contributed by atoms with Gasteiger partial charge >= 0.3 is 0 Å². The van der Waals surface area contributed by atoms with Crippen LogP contribution in [0.25, 0.3) is 22.3 Å². The maximum Gasteiger partial charge on any atom is 0.272 e. The lowest BCUT2D eigenvalue weighted by Crippen LogP contribution is -2.26. The van der Waals surface area contributed by atoms with E-state index in [2.05, 4.69) is 23.8 Å². The van der Waals surface area contributed by atoms with Crippen LogP contribution in [0.4, 0.5) is 0 Å². The van der Waals surface area contributed by atoms with Crippen molar-refractivity contribution in [3.63, 3.8) is 0 Å². The van der Waals surface area contributed by atoms with Gasteiger partial charge < -0.3 is 4.57 Å². The lowest BCUT2D eigenvalue weighted by molar-refractivity contribution is 0.520. The molecule has 0 atom stereocenters. The van der Waals surface area contributed by atoms with E-state index >= 15 is 0 Å². The number of hydrogen-bond donors (Lipinski definition) is 0. The SMILES string of the molecule is Cc1nc2c(-c3ccc(Cl)cc3Cl)nccc2n(CC(C)C)c1=O. The van der Waals surface area contributed by atoms with Crippen LogP contribution in [0.15, 0.2) is 35.3 Å². The van der Waals surface area contributed by atoms with Crippen LogP contribution in [-0.4, -0.2) is 14.5 Å². The zero-order chi connectivity index (χ0) is 17.4. The highest BCUT2D eigenvalue weighted by Gasteiger charge is 2.16. The van der Waals surface area contributed by atoms with Crippen LogP contribution in [0.3, 0.4) is 0 Å². The molecule has 0 amide bonds. The maximum atomic E-state index is 12.5. The van der Waals surface area contributed by atoms with Crippen LogP contribution < -0.4 is 5.56 Å². The van der Waals surface area contributed by atoms with E-state index in [4.69, 9.17) is 23.2 Å². The first-order valence-corrected chi connectivity index (χ1v) is 8.45. The molecule has 0 radical (unpaired) electrons. The number of nitrogens with zero attached hydrogens (tertiary/aromatic N) is 3. The Morgan fingerprint density at radius 3 is 2.62 bits per heavy atom. The molecule has 0 aliphatic rings. The first kappa shape index (κ1) is 16.9. The summed E-state index contributed by atoms with van der Waals surface area (Å²) in [6, 6.07) is 7.08. The van der Waals surface area contributed by atoms with Gasteiger partial charge in [0.15, 0.2) is 0 Å². The molecule has 0 fully saturated rings. The highest BCUT2D eigenvalue weighted by molar-refractivity contribution is 6.36. The van der Waals surface area contributed by atoms with Gasteiger partial charge in [-0.3, -0.25) is 9.78 Å². The van der Waals surface area contributed by atoms with Gasteiger partial charge in [0.2, 0.25) is 0 Å². The lowest BCUT2D eigenvalue weighted by atomic mass is 10.1. The molecule has 4 nitrogen and oxygen atoms in total. The third kappa shape index (κ3) is 3.04. The Labute approximate surface area is 150 Å². The summed E-state index contributed by atoms with van der Waals surface area (Å²) in [5, 5.41) is 1.06. The van der Waals surface area contributed by atoms with E-state index in [0.717, 1.165) is 11.1 Å². The molecule has 0 saturated heterocycles. The number of aromatic nitrogens is 3. The summed E-state index contributed by atoms with van der Waals surface area (Å²) in [5.41, 5.74) is 3.19. The molecule has 3 rings (SSSR count). The molecule has 6 heteroatoms. The molecule has 0 aliphatic heterocycles. The largest absolute Gasteiger partial charge is 0.305 e. The van der Waals surface area contributed by atoms with Crippen LogP contribution in [-0.2, 0) is 6.54 Å². The fourth-order valence-electron chi connectivity index (χ4n) is 2.72. The summed E-state index contributed by atoms with van der Waals surface area (Å²) in [7, 11) is 0. The van der Waals surface area contributed by atoms with Gasteiger partial charge in [0, 0.05) is 23.3 Å².